The van der Waals surface area contributed by atoms with Crippen LogP contribution < -0.4 is 0 Å². The van der Waals surface area contributed by atoms with Gasteiger partial charge in [0.2, 0.25) is 0 Å². The van der Waals surface area contributed by atoms with Crippen LogP contribution in [0.5, 0.6) is 0 Å². The summed E-state index contributed by atoms with van der Waals surface area (Å²) in [6, 6.07) is 10.3. The predicted octanol–water partition coefficient (Wildman–Crippen LogP) is 5.71. The molecular weight excluding hydrogens is 340 g/mol. The van der Waals surface area contributed by atoms with Crippen LogP contribution in [0.4, 0.5) is 0 Å². The fourth-order valence-corrected chi connectivity index (χ4v) is 4.00. The maximum absolute atomic E-state index is 11.7. The molecule has 0 bridgehead atoms. The van der Waals surface area contributed by atoms with Gasteiger partial charge in [-0.25, -0.2) is 0 Å². The number of benzene rings is 1. The Morgan fingerprint density at radius 3 is 2.00 bits per heavy atom. The third-order valence-electron chi connectivity index (χ3n) is 5.60. The molecule has 2 heterocycles. The zero-order valence-electron chi connectivity index (χ0n) is 16.4. The topological polar surface area (TPSA) is 44.8 Å². The van der Waals surface area contributed by atoms with Crippen molar-refractivity contribution in [1.29, 1.82) is 0 Å². The summed E-state index contributed by atoms with van der Waals surface area (Å²) in [5, 5.41) is 0. The van der Waals surface area contributed by atoms with Crippen molar-refractivity contribution in [3.63, 3.8) is 0 Å². The third-order valence-corrected chi connectivity index (χ3v) is 5.60. The van der Waals surface area contributed by atoms with E-state index in [2.05, 4.69) is 12.1 Å². The molecule has 2 saturated heterocycles. The Morgan fingerprint density at radius 1 is 0.704 bits per heavy atom. The number of hydrogen-bond acceptors (Lipinski definition) is 4. The normalized spacial score (nSPS) is 29.5. The molecule has 1 aromatic carbocycles. The second-order valence-corrected chi connectivity index (χ2v) is 7.82. The fraction of sp³-hybridized carbons (Fsp3) is 0.696. The first-order valence-electron chi connectivity index (χ1n) is 10.8. The quantitative estimate of drug-likeness (QED) is 0.591. The zero-order valence-corrected chi connectivity index (χ0v) is 16.4. The van der Waals surface area contributed by atoms with E-state index >= 15 is 0 Å². The molecule has 0 amide bonds. The number of esters is 1. The van der Waals surface area contributed by atoms with Crippen molar-refractivity contribution in [2.75, 3.05) is 6.61 Å². The molecule has 0 radical (unpaired) electrons. The van der Waals surface area contributed by atoms with E-state index in [0.29, 0.717) is 13.0 Å². The summed E-state index contributed by atoms with van der Waals surface area (Å²) < 4.78 is 17.9. The van der Waals surface area contributed by atoms with E-state index < -0.39 is 0 Å². The molecule has 150 valence electrons. The minimum atomic E-state index is -0.229. The number of hydrogen-bond donors (Lipinski definition) is 0. The van der Waals surface area contributed by atoms with Gasteiger partial charge < -0.3 is 14.2 Å². The standard InChI is InChI=1S/C23H34O4/c24-22-17-11-4-2-1-3-9-15-20-21(16-10-6-12-18-25-22)27-23(26-20)19-13-7-5-8-14-19/h5,7-8,13-14,20-21,23H,1-4,6,9-12,15-18H2/t20-,21+,23?/m1/s1. The van der Waals surface area contributed by atoms with Gasteiger partial charge in [0.05, 0.1) is 18.8 Å². The van der Waals surface area contributed by atoms with Gasteiger partial charge in [-0.05, 0) is 32.1 Å². The Kier molecular flexibility index (Phi) is 8.63. The van der Waals surface area contributed by atoms with Gasteiger partial charge in [0.25, 0.3) is 0 Å². The molecule has 3 atom stereocenters. The maximum atomic E-state index is 11.7. The largest absolute Gasteiger partial charge is 0.466 e. The van der Waals surface area contributed by atoms with Crippen LogP contribution in [0, 0.1) is 0 Å². The van der Waals surface area contributed by atoms with Gasteiger partial charge in [-0.3, -0.25) is 4.79 Å². The molecular formula is C23H34O4. The Bertz CT molecular complexity index is 545. The van der Waals surface area contributed by atoms with Gasteiger partial charge in [-0.1, -0.05) is 68.9 Å². The lowest BCUT2D eigenvalue weighted by molar-refractivity contribution is -0.143. The monoisotopic (exact) mass is 374 g/mol. The van der Waals surface area contributed by atoms with E-state index in [-0.39, 0.29) is 24.5 Å². The van der Waals surface area contributed by atoms with Crippen molar-refractivity contribution in [1.82, 2.24) is 0 Å². The van der Waals surface area contributed by atoms with Gasteiger partial charge in [-0.2, -0.15) is 0 Å². The average molecular weight is 375 g/mol. The number of carbonyl (C=O) groups excluding carboxylic acids is 1. The summed E-state index contributed by atoms with van der Waals surface area (Å²) in [5.74, 6) is -0.0300. The molecule has 0 N–H and O–H groups in total. The van der Waals surface area contributed by atoms with E-state index in [4.69, 9.17) is 14.2 Å². The molecule has 3 rings (SSSR count). The van der Waals surface area contributed by atoms with Crippen LogP contribution >= 0.6 is 0 Å². The van der Waals surface area contributed by atoms with Crippen LogP contribution in [0.15, 0.2) is 30.3 Å². The second-order valence-electron chi connectivity index (χ2n) is 7.82. The first-order valence-corrected chi connectivity index (χ1v) is 10.8. The number of ether oxygens (including phenoxy) is 3. The molecule has 4 heteroatoms. The maximum Gasteiger partial charge on any atom is 0.305 e. The summed E-state index contributed by atoms with van der Waals surface area (Å²) >= 11 is 0. The Hall–Kier alpha value is -1.39. The Morgan fingerprint density at radius 2 is 1.30 bits per heavy atom. The summed E-state index contributed by atoms with van der Waals surface area (Å²) in [7, 11) is 0. The minimum Gasteiger partial charge on any atom is -0.466 e. The van der Waals surface area contributed by atoms with Crippen LogP contribution in [-0.4, -0.2) is 24.8 Å². The van der Waals surface area contributed by atoms with Crippen LogP contribution in [0.1, 0.15) is 88.9 Å². The molecule has 0 saturated carbocycles. The lowest BCUT2D eigenvalue weighted by Gasteiger charge is -2.16. The van der Waals surface area contributed by atoms with Gasteiger partial charge in [0.1, 0.15) is 0 Å². The highest BCUT2D eigenvalue weighted by Gasteiger charge is 2.35. The highest BCUT2D eigenvalue weighted by atomic mass is 16.7. The predicted molar refractivity (Wildman–Crippen MR) is 105 cm³/mol. The van der Waals surface area contributed by atoms with Crippen LogP contribution in [0.25, 0.3) is 0 Å². The summed E-state index contributed by atoms with van der Waals surface area (Å²) in [6.07, 6.45) is 12.8. The lowest BCUT2D eigenvalue weighted by Crippen LogP contribution is -2.22. The van der Waals surface area contributed by atoms with Crippen molar-refractivity contribution in [3.05, 3.63) is 35.9 Å². The van der Waals surface area contributed by atoms with E-state index in [0.717, 1.165) is 50.5 Å². The molecule has 4 nitrogen and oxygen atoms in total. The van der Waals surface area contributed by atoms with Crippen molar-refractivity contribution in [2.45, 2.75) is 95.5 Å². The highest BCUT2D eigenvalue weighted by molar-refractivity contribution is 5.69. The van der Waals surface area contributed by atoms with Gasteiger partial charge in [-0.15, -0.1) is 0 Å². The van der Waals surface area contributed by atoms with E-state index in [1.165, 1.54) is 25.7 Å². The van der Waals surface area contributed by atoms with Gasteiger partial charge >= 0.3 is 5.97 Å². The van der Waals surface area contributed by atoms with Crippen LogP contribution in [-0.2, 0) is 19.0 Å². The molecule has 0 spiro atoms. The second kappa shape index (κ2) is 11.5. The molecule has 2 fully saturated rings. The SMILES string of the molecule is O=C1CCCCCCCC[C@H]2OC(c3ccccc3)O[C@H]2CCCCCO1. The number of fused-ring (bicyclic) bond motifs is 1. The van der Waals surface area contributed by atoms with Crippen molar-refractivity contribution in [2.24, 2.45) is 0 Å². The minimum absolute atomic E-state index is 0.0300. The average Bonchev–Trinajstić information content (AvgIpc) is 3.09. The summed E-state index contributed by atoms with van der Waals surface area (Å²) in [6.45, 7) is 0.553. The molecule has 2 aliphatic heterocycles. The molecule has 27 heavy (non-hydrogen) atoms. The van der Waals surface area contributed by atoms with Crippen LogP contribution in [0.3, 0.4) is 0 Å². The third kappa shape index (κ3) is 6.93. The highest BCUT2D eigenvalue weighted by Crippen LogP contribution is 2.35. The molecule has 2 aliphatic rings. The van der Waals surface area contributed by atoms with Crippen LogP contribution in [0.2, 0.25) is 0 Å². The van der Waals surface area contributed by atoms with E-state index in [1.807, 2.05) is 18.2 Å². The first-order chi connectivity index (χ1) is 13.3. The number of cyclic esters (lactones) is 1. The molecule has 1 aromatic rings. The van der Waals surface area contributed by atoms with Gasteiger partial charge in [0.15, 0.2) is 6.29 Å². The van der Waals surface area contributed by atoms with Gasteiger partial charge in [0, 0.05) is 12.0 Å². The van der Waals surface area contributed by atoms with E-state index in [9.17, 15) is 4.79 Å². The summed E-state index contributed by atoms with van der Waals surface area (Å²) in [4.78, 5) is 11.7. The Labute approximate surface area is 163 Å². The lowest BCUT2D eigenvalue weighted by atomic mass is 10.0. The number of carbonyl (C=O) groups is 1. The van der Waals surface area contributed by atoms with Crippen molar-refractivity contribution in [3.8, 4) is 0 Å². The fourth-order valence-electron chi connectivity index (χ4n) is 4.00. The van der Waals surface area contributed by atoms with Crippen molar-refractivity contribution < 1.29 is 19.0 Å². The Balaban J connectivity index is 1.53. The molecule has 1 unspecified atom stereocenters. The number of rotatable bonds is 1. The smallest absolute Gasteiger partial charge is 0.305 e. The zero-order chi connectivity index (χ0) is 18.7. The summed E-state index contributed by atoms with van der Waals surface area (Å²) in [5.41, 5.74) is 1.11. The molecule has 0 aliphatic carbocycles. The van der Waals surface area contributed by atoms with E-state index in [1.54, 1.807) is 0 Å². The molecule has 0 aromatic heterocycles. The first kappa shape index (κ1) is 20.3. The van der Waals surface area contributed by atoms with Crippen molar-refractivity contribution >= 4 is 5.97 Å².